The van der Waals surface area contributed by atoms with Crippen LogP contribution in [0.1, 0.15) is 6.92 Å². The molecule has 1 aromatic heterocycles. The van der Waals surface area contributed by atoms with E-state index >= 15 is 0 Å². The number of nitrogens with one attached hydrogen (secondary N) is 1. The molecule has 1 amide bonds. The SMILES string of the molecule is C[C@H](O)C(=O)Nc1ccc(S(=O)(=O)c2ccc(OC(F)(F)F)cc2)s1. The summed E-state index contributed by atoms with van der Waals surface area (Å²) in [6.45, 7) is 1.26. The molecule has 25 heavy (non-hydrogen) atoms. The largest absolute Gasteiger partial charge is 0.573 e. The van der Waals surface area contributed by atoms with E-state index < -0.39 is 34.0 Å². The Morgan fingerprint density at radius 3 is 2.32 bits per heavy atom. The summed E-state index contributed by atoms with van der Waals surface area (Å²) >= 11 is 0.752. The molecular weight excluding hydrogens is 383 g/mol. The third-order valence-corrected chi connectivity index (χ3v) is 6.10. The molecule has 6 nitrogen and oxygen atoms in total. The van der Waals surface area contributed by atoms with Gasteiger partial charge in [0.1, 0.15) is 16.1 Å². The number of carbonyl (C=O) groups excluding carboxylic acids is 1. The molecule has 2 N–H and O–H groups in total. The smallest absolute Gasteiger partial charge is 0.406 e. The number of rotatable bonds is 5. The second-order valence-electron chi connectivity index (χ2n) is 4.81. The molecule has 0 unspecified atom stereocenters. The lowest BCUT2D eigenvalue weighted by Crippen LogP contribution is -2.23. The van der Waals surface area contributed by atoms with E-state index in [-0.39, 0.29) is 14.1 Å². The van der Waals surface area contributed by atoms with Gasteiger partial charge in [-0.1, -0.05) is 0 Å². The topological polar surface area (TPSA) is 92.7 Å². The van der Waals surface area contributed by atoms with Gasteiger partial charge in [0.15, 0.2) is 0 Å². The maximum absolute atomic E-state index is 12.4. The van der Waals surface area contributed by atoms with Crippen molar-refractivity contribution < 1.29 is 36.2 Å². The van der Waals surface area contributed by atoms with Crippen molar-refractivity contribution in [1.29, 1.82) is 0 Å². The molecule has 0 radical (unpaired) electrons. The third-order valence-electron chi connectivity index (χ3n) is 2.84. The number of carbonyl (C=O) groups is 1. The van der Waals surface area contributed by atoms with Gasteiger partial charge in [-0.05, 0) is 43.3 Å². The molecule has 0 aliphatic rings. The number of alkyl halides is 3. The molecule has 2 rings (SSSR count). The van der Waals surface area contributed by atoms with Gasteiger partial charge in [0.25, 0.3) is 5.91 Å². The molecule has 136 valence electrons. The van der Waals surface area contributed by atoms with Crippen molar-refractivity contribution in [1.82, 2.24) is 0 Å². The lowest BCUT2D eigenvalue weighted by Gasteiger charge is -2.09. The monoisotopic (exact) mass is 395 g/mol. The Morgan fingerprint density at radius 2 is 1.80 bits per heavy atom. The lowest BCUT2D eigenvalue weighted by atomic mass is 10.3. The van der Waals surface area contributed by atoms with E-state index in [4.69, 9.17) is 5.11 Å². The fourth-order valence-electron chi connectivity index (χ4n) is 1.69. The normalized spacial score (nSPS) is 13.3. The number of benzene rings is 1. The zero-order valence-electron chi connectivity index (χ0n) is 12.6. The predicted octanol–water partition coefficient (Wildman–Crippen LogP) is 2.80. The van der Waals surface area contributed by atoms with Gasteiger partial charge in [-0.2, -0.15) is 0 Å². The summed E-state index contributed by atoms with van der Waals surface area (Å²) in [7, 11) is -3.97. The summed E-state index contributed by atoms with van der Waals surface area (Å²) in [6.07, 6.45) is -6.13. The molecule has 1 heterocycles. The Morgan fingerprint density at radius 1 is 1.20 bits per heavy atom. The van der Waals surface area contributed by atoms with Crippen LogP contribution in [-0.2, 0) is 14.6 Å². The van der Waals surface area contributed by atoms with E-state index in [1.807, 2.05) is 0 Å². The summed E-state index contributed by atoms with van der Waals surface area (Å²) in [5, 5.41) is 11.7. The molecule has 0 saturated carbocycles. The number of hydrogen-bond donors (Lipinski definition) is 2. The van der Waals surface area contributed by atoms with Crippen LogP contribution in [0.2, 0.25) is 0 Å². The number of sulfone groups is 1. The van der Waals surface area contributed by atoms with Crippen molar-refractivity contribution in [3.05, 3.63) is 36.4 Å². The van der Waals surface area contributed by atoms with Crippen LogP contribution < -0.4 is 10.1 Å². The highest BCUT2D eigenvalue weighted by Crippen LogP contribution is 2.32. The van der Waals surface area contributed by atoms with Crippen molar-refractivity contribution in [3.63, 3.8) is 0 Å². The van der Waals surface area contributed by atoms with Crippen LogP contribution in [-0.4, -0.2) is 31.9 Å². The molecule has 0 fully saturated rings. The highest BCUT2D eigenvalue weighted by atomic mass is 32.2. The van der Waals surface area contributed by atoms with Crippen LogP contribution >= 0.6 is 11.3 Å². The quantitative estimate of drug-likeness (QED) is 0.812. The standard InChI is InChI=1S/C14H12F3NO5S2/c1-8(19)13(20)18-11-6-7-12(24-11)25(21,22)10-4-2-9(3-5-10)23-14(15,16)17/h2-8,19H,1H3,(H,18,20)/t8-/m0/s1. The number of amides is 1. The van der Waals surface area contributed by atoms with E-state index in [1.165, 1.54) is 19.1 Å². The maximum atomic E-state index is 12.4. The fraction of sp³-hybridized carbons (Fsp3) is 0.214. The van der Waals surface area contributed by atoms with Gasteiger partial charge in [0.05, 0.1) is 9.90 Å². The molecule has 0 aliphatic heterocycles. The summed E-state index contributed by atoms with van der Waals surface area (Å²) in [4.78, 5) is 11.2. The second-order valence-corrected chi connectivity index (χ2v) is 8.07. The van der Waals surface area contributed by atoms with Crippen LogP contribution in [0.4, 0.5) is 18.2 Å². The van der Waals surface area contributed by atoms with Gasteiger partial charge in [-0.15, -0.1) is 24.5 Å². The van der Waals surface area contributed by atoms with Crippen molar-refractivity contribution >= 4 is 32.1 Å². The summed E-state index contributed by atoms with van der Waals surface area (Å²) in [6, 6.07) is 6.36. The average molecular weight is 395 g/mol. The minimum Gasteiger partial charge on any atom is -0.406 e. The van der Waals surface area contributed by atoms with E-state index in [1.54, 1.807) is 0 Å². The first-order chi connectivity index (χ1) is 11.5. The summed E-state index contributed by atoms with van der Waals surface area (Å²) in [5.41, 5.74) is 0. The molecule has 11 heteroatoms. The number of aliphatic hydroxyl groups is 1. The maximum Gasteiger partial charge on any atom is 0.573 e. The zero-order chi connectivity index (χ0) is 18.8. The van der Waals surface area contributed by atoms with Crippen molar-refractivity contribution in [2.75, 3.05) is 5.32 Å². The Labute approximate surface area is 144 Å². The van der Waals surface area contributed by atoms with Crippen molar-refractivity contribution in [2.24, 2.45) is 0 Å². The molecule has 0 spiro atoms. The summed E-state index contributed by atoms with van der Waals surface area (Å²) in [5.74, 6) is -1.23. The van der Waals surface area contributed by atoms with Crippen molar-refractivity contribution in [3.8, 4) is 5.75 Å². The highest BCUT2D eigenvalue weighted by molar-refractivity contribution is 7.93. The minimum atomic E-state index is -4.87. The third kappa shape index (κ3) is 4.94. The van der Waals surface area contributed by atoms with Crippen molar-refractivity contribution in [2.45, 2.75) is 28.5 Å². The number of hydrogen-bond acceptors (Lipinski definition) is 6. The van der Waals surface area contributed by atoms with Crippen LogP contribution in [0.5, 0.6) is 5.75 Å². The Hall–Kier alpha value is -2.11. The van der Waals surface area contributed by atoms with Gasteiger partial charge >= 0.3 is 6.36 Å². The first kappa shape index (κ1) is 19.2. The number of ether oxygens (including phenoxy) is 1. The van der Waals surface area contributed by atoms with Crippen LogP contribution in [0.3, 0.4) is 0 Å². The van der Waals surface area contributed by atoms with Crippen LogP contribution in [0.25, 0.3) is 0 Å². The van der Waals surface area contributed by atoms with Gasteiger partial charge in [0, 0.05) is 0 Å². The molecule has 0 aliphatic carbocycles. The first-order valence-electron chi connectivity index (χ1n) is 6.69. The van der Waals surface area contributed by atoms with Gasteiger partial charge in [-0.3, -0.25) is 4.79 Å². The number of thiophene rings is 1. The van der Waals surface area contributed by atoms with Gasteiger partial charge in [-0.25, -0.2) is 8.42 Å². The number of anilines is 1. The number of halogens is 3. The van der Waals surface area contributed by atoms with Gasteiger partial charge in [0.2, 0.25) is 9.84 Å². The fourth-order valence-corrected chi connectivity index (χ4v) is 4.31. The predicted molar refractivity (Wildman–Crippen MR) is 83.2 cm³/mol. The molecule has 1 atom stereocenters. The van der Waals surface area contributed by atoms with Gasteiger partial charge < -0.3 is 15.2 Å². The Bertz CT molecular complexity index is 857. The lowest BCUT2D eigenvalue weighted by molar-refractivity contribution is -0.274. The number of aliphatic hydroxyl groups excluding tert-OH is 1. The van der Waals surface area contributed by atoms with E-state index in [2.05, 4.69) is 10.1 Å². The van der Waals surface area contributed by atoms with E-state index in [0.29, 0.717) is 0 Å². The average Bonchev–Trinajstić information content (AvgIpc) is 2.95. The Kier molecular flexibility index (Phi) is 5.40. The molecule has 0 saturated heterocycles. The molecular formula is C14H12F3NO5S2. The molecule has 1 aromatic carbocycles. The summed E-state index contributed by atoms with van der Waals surface area (Å²) < 4.78 is 64.8. The van der Waals surface area contributed by atoms with Crippen LogP contribution in [0.15, 0.2) is 45.5 Å². The Balaban J connectivity index is 2.21. The minimum absolute atomic E-state index is 0.113. The molecule has 0 bridgehead atoms. The van der Waals surface area contributed by atoms with Crippen LogP contribution in [0, 0.1) is 0 Å². The first-order valence-corrected chi connectivity index (χ1v) is 8.99. The highest BCUT2D eigenvalue weighted by Gasteiger charge is 2.31. The van der Waals surface area contributed by atoms with E-state index in [9.17, 15) is 26.4 Å². The molecule has 2 aromatic rings. The van der Waals surface area contributed by atoms with E-state index in [0.717, 1.165) is 35.6 Å². The second kappa shape index (κ2) is 7.02. The zero-order valence-corrected chi connectivity index (χ0v) is 14.2.